The summed E-state index contributed by atoms with van der Waals surface area (Å²) in [5.41, 5.74) is 1.98. The molecule has 5 heteroatoms. The molecule has 0 aliphatic carbocycles. The molecule has 0 radical (unpaired) electrons. The Morgan fingerprint density at radius 2 is 1.85 bits per heavy atom. The van der Waals surface area contributed by atoms with E-state index >= 15 is 0 Å². The molecule has 20 heavy (non-hydrogen) atoms. The second-order valence-electron chi connectivity index (χ2n) is 4.74. The van der Waals surface area contributed by atoms with Crippen LogP contribution in [0.2, 0.25) is 0 Å². The molecule has 1 aromatic carbocycles. The lowest BCUT2D eigenvalue weighted by molar-refractivity contribution is 0.107. The molecule has 0 saturated carbocycles. The molecule has 104 valence electrons. The summed E-state index contributed by atoms with van der Waals surface area (Å²) >= 11 is 1.60. The van der Waals surface area contributed by atoms with Crippen LogP contribution in [-0.4, -0.2) is 28.4 Å². The van der Waals surface area contributed by atoms with E-state index in [1.807, 2.05) is 44.2 Å². The van der Waals surface area contributed by atoms with Crippen LogP contribution in [0, 0.1) is 13.8 Å². The third-order valence-electron chi connectivity index (χ3n) is 2.93. The zero-order valence-corrected chi connectivity index (χ0v) is 12.3. The van der Waals surface area contributed by atoms with Gasteiger partial charge in [0.25, 0.3) is 0 Å². The lowest BCUT2D eigenvalue weighted by Gasteiger charge is -2.25. The minimum absolute atomic E-state index is 0.0271. The molecule has 0 saturated heterocycles. The lowest BCUT2D eigenvalue weighted by Crippen LogP contribution is -2.31. The Kier molecular flexibility index (Phi) is 3.78. The maximum absolute atomic E-state index is 5.91. The minimum Gasteiger partial charge on any atom is -0.486 e. The molecule has 2 aromatic rings. The average molecular weight is 288 g/mol. The van der Waals surface area contributed by atoms with Gasteiger partial charge < -0.3 is 9.47 Å². The summed E-state index contributed by atoms with van der Waals surface area (Å²) in [5.74, 6) is 2.40. The molecule has 1 atom stereocenters. The zero-order valence-electron chi connectivity index (χ0n) is 11.5. The molecule has 0 spiro atoms. The van der Waals surface area contributed by atoms with Gasteiger partial charge in [-0.05, 0) is 32.0 Å². The second-order valence-corrected chi connectivity index (χ2v) is 5.73. The van der Waals surface area contributed by atoms with E-state index in [9.17, 15) is 0 Å². The normalized spacial score (nSPS) is 17.0. The van der Waals surface area contributed by atoms with Crippen molar-refractivity contribution >= 4 is 11.8 Å². The largest absolute Gasteiger partial charge is 0.486 e. The van der Waals surface area contributed by atoms with Gasteiger partial charge in [-0.25, -0.2) is 9.97 Å². The van der Waals surface area contributed by atoms with Gasteiger partial charge in [-0.1, -0.05) is 23.9 Å². The fraction of sp³-hybridized carbons (Fsp3) is 0.333. The SMILES string of the molecule is Cc1cc(C)nc(SC[C@@H]2COc3ccccc3O2)n1. The van der Waals surface area contributed by atoms with E-state index < -0.39 is 0 Å². The molecule has 4 nitrogen and oxygen atoms in total. The first kappa shape index (κ1) is 13.2. The van der Waals surface area contributed by atoms with Crippen LogP contribution in [0.4, 0.5) is 0 Å². The fourth-order valence-corrected chi connectivity index (χ4v) is 2.99. The number of thioether (sulfide) groups is 1. The Labute approximate surface area is 122 Å². The number of ether oxygens (including phenoxy) is 2. The van der Waals surface area contributed by atoms with Crippen LogP contribution >= 0.6 is 11.8 Å². The van der Waals surface area contributed by atoms with E-state index in [0.717, 1.165) is 33.8 Å². The summed E-state index contributed by atoms with van der Waals surface area (Å²) in [4.78, 5) is 8.84. The predicted molar refractivity (Wildman–Crippen MR) is 78.6 cm³/mol. The highest BCUT2D eigenvalue weighted by Crippen LogP contribution is 2.32. The Bertz CT molecular complexity index is 598. The number of hydrogen-bond acceptors (Lipinski definition) is 5. The summed E-state index contributed by atoms with van der Waals surface area (Å²) < 4.78 is 11.6. The number of aryl methyl sites for hydroxylation is 2. The Hall–Kier alpha value is -1.75. The number of benzene rings is 1. The smallest absolute Gasteiger partial charge is 0.188 e. The lowest BCUT2D eigenvalue weighted by atomic mass is 10.3. The third kappa shape index (κ3) is 3.04. The highest BCUT2D eigenvalue weighted by atomic mass is 32.2. The van der Waals surface area contributed by atoms with Gasteiger partial charge in [0, 0.05) is 17.1 Å². The number of fused-ring (bicyclic) bond motifs is 1. The van der Waals surface area contributed by atoms with Crippen LogP contribution in [0.25, 0.3) is 0 Å². The molecule has 1 aliphatic heterocycles. The molecule has 2 heterocycles. The van der Waals surface area contributed by atoms with E-state index in [2.05, 4.69) is 9.97 Å². The molecule has 1 aliphatic rings. The van der Waals surface area contributed by atoms with Crippen molar-refractivity contribution in [2.24, 2.45) is 0 Å². The van der Waals surface area contributed by atoms with Crippen LogP contribution in [0.5, 0.6) is 11.5 Å². The van der Waals surface area contributed by atoms with E-state index in [1.165, 1.54) is 0 Å². The maximum Gasteiger partial charge on any atom is 0.188 e. The first-order valence-electron chi connectivity index (χ1n) is 6.54. The number of hydrogen-bond donors (Lipinski definition) is 0. The van der Waals surface area contributed by atoms with Crippen molar-refractivity contribution < 1.29 is 9.47 Å². The van der Waals surface area contributed by atoms with Gasteiger partial charge >= 0.3 is 0 Å². The summed E-state index contributed by atoms with van der Waals surface area (Å²) in [5, 5.41) is 0.796. The highest BCUT2D eigenvalue weighted by molar-refractivity contribution is 7.99. The Balaban J connectivity index is 1.62. The summed E-state index contributed by atoms with van der Waals surface area (Å²) in [7, 11) is 0. The summed E-state index contributed by atoms with van der Waals surface area (Å²) in [6, 6.07) is 9.72. The van der Waals surface area contributed by atoms with Crippen LogP contribution < -0.4 is 9.47 Å². The van der Waals surface area contributed by atoms with E-state index in [-0.39, 0.29) is 6.10 Å². The molecular formula is C15H16N2O2S. The topological polar surface area (TPSA) is 44.2 Å². The fourth-order valence-electron chi connectivity index (χ4n) is 2.07. The zero-order chi connectivity index (χ0) is 13.9. The van der Waals surface area contributed by atoms with E-state index in [1.54, 1.807) is 11.8 Å². The van der Waals surface area contributed by atoms with Crippen LogP contribution in [-0.2, 0) is 0 Å². The van der Waals surface area contributed by atoms with Crippen molar-refractivity contribution in [3.8, 4) is 11.5 Å². The van der Waals surface area contributed by atoms with E-state index in [0.29, 0.717) is 6.61 Å². The number of para-hydroxylation sites is 2. The molecule has 0 bridgehead atoms. The Morgan fingerprint density at radius 3 is 2.60 bits per heavy atom. The summed E-state index contributed by atoms with van der Waals surface area (Å²) in [6.07, 6.45) is 0.0271. The van der Waals surface area contributed by atoms with Gasteiger partial charge in [-0.15, -0.1) is 0 Å². The first-order chi connectivity index (χ1) is 9.70. The number of aromatic nitrogens is 2. The van der Waals surface area contributed by atoms with Gasteiger partial charge in [-0.2, -0.15) is 0 Å². The maximum atomic E-state index is 5.91. The molecular weight excluding hydrogens is 272 g/mol. The first-order valence-corrected chi connectivity index (χ1v) is 7.53. The quantitative estimate of drug-likeness (QED) is 0.641. The van der Waals surface area contributed by atoms with Crippen LogP contribution in [0.1, 0.15) is 11.4 Å². The van der Waals surface area contributed by atoms with Gasteiger partial charge in [0.15, 0.2) is 16.7 Å². The van der Waals surface area contributed by atoms with Crippen molar-refractivity contribution in [1.29, 1.82) is 0 Å². The van der Waals surface area contributed by atoms with E-state index in [4.69, 9.17) is 9.47 Å². The minimum atomic E-state index is 0.0271. The van der Waals surface area contributed by atoms with Gasteiger partial charge in [0.2, 0.25) is 0 Å². The molecule has 1 aromatic heterocycles. The van der Waals surface area contributed by atoms with Crippen LogP contribution in [0.15, 0.2) is 35.5 Å². The number of nitrogens with zero attached hydrogens (tertiary/aromatic N) is 2. The van der Waals surface area contributed by atoms with Crippen molar-refractivity contribution in [3.63, 3.8) is 0 Å². The van der Waals surface area contributed by atoms with Crippen molar-refractivity contribution in [3.05, 3.63) is 41.7 Å². The standard InChI is InChI=1S/C15H16N2O2S/c1-10-7-11(2)17-15(16-10)20-9-12-8-18-13-5-3-4-6-14(13)19-12/h3-7,12H,8-9H2,1-2H3/t12-/m0/s1. The monoisotopic (exact) mass is 288 g/mol. The highest BCUT2D eigenvalue weighted by Gasteiger charge is 2.21. The predicted octanol–water partition coefficient (Wildman–Crippen LogP) is 3.03. The van der Waals surface area contributed by atoms with Gasteiger partial charge in [-0.3, -0.25) is 0 Å². The Morgan fingerprint density at radius 1 is 1.15 bits per heavy atom. The molecule has 0 amide bonds. The van der Waals surface area contributed by atoms with Crippen molar-refractivity contribution in [1.82, 2.24) is 9.97 Å². The molecule has 0 unspecified atom stereocenters. The van der Waals surface area contributed by atoms with Gasteiger partial charge in [0.05, 0.1) is 0 Å². The molecule has 0 fully saturated rings. The average Bonchev–Trinajstić information content (AvgIpc) is 2.44. The third-order valence-corrected chi connectivity index (χ3v) is 3.91. The van der Waals surface area contributed by atoms with Crippen LogP contribution in [0.3, 0.4) is 0 Å². The molecule has 3 rings (SSSR count). The van der Waals surface area contributed by atoms with Gasteiger partial charge in [0.1, 0.15) is 12.7 Å². The number of rotatable bonds is 3. The summed E-state index contributed by atoms with van der Waals surface area (Å²) in [6.45, 7) is 4.53. The second kappa shape index (κ2) is 5.71. The molecule has 0 N–H and O–H groups in total. The van der Waals surface area contributed by atoms with Crippen molar-refractivity contribution in [2.45, 2.75) is 25.1 Å². The van der Waals surface area contributed by atoms with Crippen molar-refractivity contribution in [2.75, 3.05) is 12.4 Å².